The summed E-state index contributed by atoms with van der Waals surface area (Å²) in [5, 5.41) is 11.5. The molecule has 1 aromatic rings. The molecule has 1 N–H and O–H groups in total. The molecule has 0 saturated carbocycles. The van der Waals surface area contributed by atoms with Gasteiger partial charge in [-0.3, -0.25) is 4.90 Å². The van der Waals surface area contributed by atoms with Crippen molar-refractivity contribution in [2.75, 3.05) is 53.0 Å². The van der Waals surface area contributed by atoms with Crippen LogP contribution in [0.15, 0.2) is 4.99 Å². The van der Waals surface area contributed by atoms with Gasteiger partial charge in [0.2, 0.25) is 0 Å². The van der Waals surface area contributed by atoms with Crippen molar-refractivity contribution in [1.82, 2.24) is 29.9 Å². The van der Waals surface area contributed by atoms with Crippen LogP contribution < -0.4 is 5.32 Å². The molecule has 174 valence electrons. The second kappa shape index (κ2) is 12.6. The lowest BCUT2D eigenvalue weighted by molar-refractivity contribution is -0.146. The lowest BCUT2D eigenvalue weighted by Gasteiger charge is -2.26. The van der Waals surface area contributed by atoms with Gasteiger partial charge in [-0.05, 0) is 25.8 Å². The van der Waals surface area contributed by atoms with Gasteiger partial charge in [-0.1, -0.05) is 6.92 Å². The first kappa shape index (κ1) is 26.9. The number of hydrogen-bond donors (Lipinski definition) is 1. The Balaban J connectivity index is 0.00000450. The summed E-state index contributed by atoms with van der Waals surface area (Å²) in [6, 6.07) is 0. The Morgan fingerprint density at radius 1 is 1.37 bits per heavy atom. The number of rotatable bonds is 9. The van der Waals surface area contributed by atoms with E-state index in [1.807, 2.05) is 18.5 Å². The number of aromatic nitrogens is 3. The second-order valence-corrected chi connectivity index (χ2v) is 7.33. The number of halogens is 4. The molecule has 0 amide bonds. The summed E-state index contributed by atoms with van der Waals surface area (Å²) >= 11 is 0. The van der Waals surface area contributed by atoms with Crippen molar-refractivity contribution >= 4 is 29.9 Å². The average molecular weight is 547 g/mol. The molecule has 0 radical (unpaired) electrons. The Bertz CT molecular complexity index is 669. The Labute approximate surface area is 193 Å². The van der Waals surface area contributed by atoms with E-state index < -0.39 is 12.7 Å². The van der Waals surface area contributed by atoms with Gasteiger partial charge >= 0.3 is 6.18 Å². The number of likely N-dealkylation sites (tertiary alicyclic amines) is 1. The summed E-state index contributed by atoms with van der Waals surface area (Å²) in [6.07, 6.45) is -3.33. The highest BCUT2D eigenvalue weighted by Crippen LogP contribution is 2.21. The minimum Gasteiger partial charge on any atom is -0.383 e. The van der Waals surface area contributed by atoms with Crippen molar-refractivity contribution in [3.63, 3.8) is 0 Å². The number of guanidine groups is 1. The van der Waals surface area contributed by atoms with E-state index in [-0.39, 0.29) is 29.9 Å². The lowest BCUT2D eigenvalue weighted by atomic mass is 10.1. The SMILES string of the molecule is CCN(CC1CCN(C(=NCc2nnc(C)n2C)NCCOC)C1)CC(F)(F)F.I. The van der Waals surface area contributed by atoms with Crippen molar-refractivity contribution < 1.29 is 17.9 Å². The number of nitrogens with one attached hydrogen (secondary N) is 1. The monoisotopic (exact) mass is 547 g/mol. The Kier molecular flexibility index (Phi) is 11.3. The minimum absolute atomic E-state index is 0. The molecule has 0 aliphatic carbocycles. The smallest absolute Gasteiger partial charge is 0.383 e. The maximum atomic E-state index is 12.7. The van der Waals surface area contributed by atoms with Gasteiger partial charge in [-0.2, -0.15) is 13.2 Å². The minimum atomic E-state index is -4.17. The zero-order valence-corrected chi connectivity index (χ0v) is 20.4. The maximum absolute atomic E-state index is 12.7. The molecule has 1 aromatic heterocycles. The van der Waals surface area contributed by atoms with E-state index in [1.54, 1.807) is 14.0 Å². The number of nitrogens with zero attached hydrogens (tertiary/aromatic N) is 6. The molecule has 1 aliphatic rings. The fourth-order valence-corrected chi connectivity index (χ4v) is 3.37. The van der Waals surface area contributed by atoms with Gasteiger partial charge < -0.3 is 19.5 Å². The van der Waals surface area contributed by atoms with Gasteiger partial charge in [0.1, 0.15) is 12.4 Å². The highest BCUT2D eigenvalue weighted by molar-refractivity contribution is 14.0. The number of aliphatic imine (C=N–C) groups is 1. The van der Waals surface area contributed by atoms with Crippen LogP contribution in [0.25, 0.3) is 0 Å². The molecule has 2 rings (SSSR count). The van der Waals surface area contributed by atoms with E-state index in [4.69, 9.17) is 4.74 Å². The highest BCUT2D eigenvalue weighted by Gasteiger charge is 2.33. The van der Waals surface area contributed by atoms with Gasteiger partial charge in [0, 0.05) is 40.3 Å². The molecule has 1 saturated heterocycles. The summed E-state index contributed by atoms with van der Waals surface area (Å²) in [4.78, 5) is 8.24. The third-order valence-corrected chi connectivity index (χ3v) is 5.09. The highest BCUT2D eigenvalue weighted by atomic mass is 127. The molecule has 1 aliphatic heterocycles. The van der Waals surface area contributed by atoms with Crippen LogP contribution in [-0.2, 0) is 18.3 Å². The fourth-order valence-electron chi connectivity index (χ4n) is 3.37. The van der Waals surface area contributed by atoms with E-state index in [1.165, 1.54) is 4.90 Å². The second-order valence-electron chi connectivity index (χ2n) is 7.33. The third-order valence-electron chi connectivity index (χ3n) is 5.09. The maximum Gasteiger partial charge on any atom is 0.401 e. The van der Waals surface area contributed by atoms with E-state index in [9.17, 15) is 13.2 Å². The van der Waals surface area contributed by atoms with E-state index in [2.05, 4.69) is 25.4 Å². The normalized spacial score (nSPS) is 17.5. The molecule has 0 aromatic carbocycles. The molecule has 1 unspecified atom stereocenters. The van der Waals surface area contributed by atoms with Gasteiger partial charge in [0.05, 0.1) is 13.2 Å². The summed E-state index contributed by atoms with van der Waals surface area (Å²) in [5.41, 5.74) is 0. The average Bonchev–Trinajstić information content (AvgIpc) is 3.24. The van der Waals surface area contributed by atoms with Gasteiger partial charge in [-0.25, -0.2) is 4.99 Å². The summed E-state index contributed by atoms with van der Waals surface area (Å²) < 4.78 is 45.2. The number of ether oxygens (including phenoxy) is 1. The van der Waals surface area contributed by atoms with Crippen LogP contribution in [0.2, 0.25) is 0 Å². The molecule has 0 bridgehead atoms. The molecule has 1 fully saturated rings. The first-order valence-electron chi connectivity index (χ1n) is 9.89. The van der Waals surface area contributed by atoms with Gasteiger partial charge in [0.25, 0.3) is 0 Å². The third kappa shape index (κ3) is 8.53. The molecule has 30 heavy (non-hydrogen) atoms. The number of methoxy groups -OCH3 is 1. The van der Waals surface area contributed by atoms with Crippen LogP contribution in [0, 0.1) is 12.8 Å². The van der Waals surface area contributed by atoms with Crippen molar-refractivity contribution in [2.45, 2.75) is 33.0 Å². The van der Waals surface area contributed by atoms with Crippen LogP contribution in [0.5, 0.6) is 0 Å². The fraction of sp³-hybridized carbons (Fsp3) is 0.833. The molecule has 12 heteroatoms. The summed E-state index contributed by atoms with van der Waals surface area (Å²) in [7, 11) is 3.52. The van der Waals surface area contributed by atoms with Crippen molar-refractivity contribution in [3.05, 3.63) is 11.6 Å². The van der Waals surface area contributed by atoms with Crippen molar-refractivity contribution in [2.24, 2.45) is 18.0 Å². The van der Waals surface area contributed by atoms with E-state index in [0.29, 0.717) is 39.3 Å². The summed E-state index contributed by atoms with van der Waals surface area (Å²) in [5.74, 6) is 2.47. The molecular weight excluding hydrogens is 514 g/mol. The largest absolute Gasteiger partial charge is 0.401 e. The number of aryl methyl sites for hydroxylation is 1. The quantitative estimate of drug-likeness (QED) is 0.221. The molecular formula is C18H33F3IN7O. The lowest BCUT2D eigenvalue weighted by Crippen LogP contribution is -2.42. The van der Waals surface area contributed by atoms with Gasteiger partial charge in [-0.15, -0.1) is 34.2 Å². The van der Waals surface area contributed by atoms with Crippen LogP contribution in [0.4, 0.5) is 13.2 Å². The zero-order chi connectivity index (χ0) is 21.4. The Morgan fingerprint density at radius 2 is 2.10 bits per heavy atom. The van der Waals surface area contributed by atoms with Gasteiger partial charge in [0.15, 0.2) is 11.8 Å². The Hall–Kier alpha value is -1.15. The zero-order valence-electron chi connectivity index (χ0n) is 18.1. The summed E-state index contributed by atoms with van der Waals surface area (Å²) in [6.45, 7) is 6.54. The van der Waals surface area contributed by atoms with Crippen molar-refractivity contribution in [1.29, 1.82) is 0 Å². The topological polar surface area (TPSA) is 70.8 Å². The van der Waals surface area contributed by atoms with Crippen LogP contribution in [0.3, 0.4) is 0 Å². The molecule has 1 atom stereocenters. The van der Waals surface area contributed by atoms with Crippen LogP contribution in [-0.4, -0.2) is 89.7 Å². The first-order chi connectivity index (χ1) is 13.7. The molecule has 8 nitrogen and oxygen atoms in total. The van der Waals surface area contributed by atoms with Crippen LogP contribution in [0.1, 0.15) is 25.0 Å². The van der Waals surface area contributed by atoms with Crippen molar-refractivity contribution in [3.8, 4) is 0 Å². The van der Waals surface area contributed by atoms with E-state index in [0.717, 1.165) is 30.6 Å². The standard InChI is InChI=1S/C18H32F3N7O.HI/c1-5-27(13-18(19,20)21)11-15-6-8-28(12-15)17(22-7-9-29-4)23-10-16-25-24-14(2)26(16)3;/h15H,5-13H2,1-4H3,(H,22,23);1H. The molecule has 2 heterocycles. The predicted molar refractivity (Wildman–Crippen MR) is 120 cm³/mol. The number of hydrogen-bond acceptors (Lipinski definition) is 5. The predicted octanol–water partition coefficient (Wildman–Crippen LogP) is 2.04. The number of alkyl halides is 3. The van der Waals surface area contributed by atoms with Crippen LogP contribution >= 0.6 is 24.0 Å². The molecule has 0 spiro atoms. The van der Waals surface area contributed by atoms with E-state index >= 15 is 0 Å². The Morgan fingerprint density at radius 3 is 2.67 bits per heavy atom. The first-order valence-corrected chi connectivity index (χ1v) is 9.89.